The van der Waals surface area contributed by atoms with Crippen LogP contribution < -0.4 is 10.6 Å². The van der Waals surface area contributed by atoms with Crippen molar-refractivity contribution < 1.29 is 4.79 Å². The van der Waals surface area contributed by atoms with Crippen LogP contribution in [0.2, 0.25) is 0 Å². The van der Waals surface area contributed by atoms with Crippen molar-refractivity contribution in [2.24, 2.45) is 5.73 Å². The van der Waals surface area contributed by atoms with Crippen molar-refractivity contribution in [3.63, 3.8) is 0 Å². The van der Waals surface area contributed by atoms with E-state index in [4.69, 9.17) is 5.73 Å². The molecule has 0 aromatic heterocycles. The van der Waals surface area contributed by atoms with E-state index >= 15 is 0 Å². The van der Waals surface area contributed by atoms with Gasteiger partial charge in [-0.15, -0.1) is 0 Å². The Morgan fingerprint density at radius 3 is 2.62 bits per heavy atom. The summed E-state index contributed by atoms with van der Waals surface area (Å²) in [5.74, 6) is 0.310. The molecule has 4 nitrogen and oxygen atoms in total. The zero-order valence-electron chi connectivity index (χ0n) is 16.0. The van der Waals surface area contributed by atoms with E-state index in [2.05, 4.69) is 62.2 Å². The third-order valence-electron chi connectivity index (χ3n) is 5.26. The molecule has 0 fully saturated rings. The summed E-state index contributed by atoms with van der Waals surface area (Å²) in [5.41, 5.74) is 11.8. The molecule has 26 heavy (non-hydrogen) atoms. The molecule has 0 saturated carbocycles. The van der Waals surface area contributed by atoms with Gasteiger partial charge in [-0.3, -0.25) is 4.90 Å². The number of likely N-dealkylation sites (N-methyl/N-ethyl adjacent to an activating group) is 1. The number of urea groups is 1. The van der Waals surface area contributed by atoms with E-state index in [0.717, 1.165) is 31.6 Å². The quantitative estimate of drug-likeness (QED) is 0.875. The number of aryl methyl sites for hydroxylation is 1. The highest BCUT2D eigenvalue weighted by Crippen LogP contribution is 2.37. The first-order valence-corrected chi connectivity index (χ1v) is 9.45. The Morgan fingerprint density at radius 2 is 1.96 bits per heavy atom. The summed E-state index contributed by atoms with van der Waals surface area (Å²) in [6, 6.07) is 14.7. The van der Waals surface area contributed by atoms with Crippen LogP contribution in [-0.4, -0.2) is 31.1 Å². The molecule has 1 aliphatic heterocycles. The largest absolute Gasteiger partial charge is 0.351 e. The third-order valence-corrected chi connectivity index (χ3v) is 5.26. The first-order valence-electron chi connectivity index (χ1n) is 9.45. The van der Waals surface area contributed by atoms with Crippen LogP contribution in [0.15, 0.2) is 42.5 Å². The minimum Gasteiger partial charge on any atom is -0.351 e. The number of unbranched alkanes of at least 4 members (excludes halogenated alkanes) is 1. The molecule has 3 rings (SSSR count). The summed E-state index contributed by atoms with van der Waals surface area (Å²) >= 11 is 0. The van der Waals surface area contributed by atoms with Crippen molar-refractivity contribution in [1.29, 1.82) is 0 Å². The minimum atomic E-state index is -0.369. The Bertz CT molecular complexity index is 769. The average Bonchev–Trinajstić information content (AvgIpc) is 2.62. The first kappa shape index (κ1) is 18.5. The molecule has 2 N–H and O–H groups in total. The standard InChI is InChI=1S/C22H29N3O/c1-4-5-13-25(22(23)26)21-8-6-7-18-19(14-24(3)15-20(18)21)17-11-9-16(2)10-12-17/h6-12,19H,4-5,13-15H2,1-3H3,(H2,23,26). The van der Waals surface area contributed by atoms with Gasteiger partial charge in [0.05, 0.1) is 5.69 Å². The zero-order chi connectivity index (χ0) is 18.7. The second kappa shape index (κ2) is 7.92. The lowest BCUT2D eigenvalue weighted by Gasteiger charge is -2.36. The summed E-state index contributed by atoms with van der Waals surface area (Å²) < 4.78 is 0. The van der Waals surface area contributed by atoms with E-state index in [-0.39, 0.29) is 6.03 Å². The normalized spacial score (nSPS) is 17.0. The monoisotopic (exact) mass is 351 g/mol. The summed E-state index contributed by atoms with van der Waals surface area (Å²) in [6.07, 6.45) is 1.98. The maximum atomic E-state index is 12.1. The molecule has 0 bridgehead atoms. The number of carbonyl (C=O) groups is 1. The SMILES string of the molecule is CCCCN(C(N)=O)c1cccc2c1CN(C)CC2c1ccc(C)cc1. The second-order valence-electron chi connectivity index (χ2n) is 7.35. The Morgan fingerprint density at radius 1 is 1.23 bits per heavy atom. The molecule has 1 atom stereocenters. The molecule has 2 aromatic rings. The van der Waals surface area contributed by atoms with Crippen LogP contribution in [0.25, 0.3) is 0 Å². The number of nitrogens with zero attached hydrogens (tertiary/aromatic N) is 2. The molecule has 1 unspecified atom stereocenters. The van der Waals surface area contributed by atoms with Crippen molar-refractivity contribution in [3.8, 4) is 0 Å². The molecule has 1 aliphatic rings. The Hall–Kier alpha value is -2.33. The number of benzene rings is 2. The maximum Gasteiger partial charge on any atom is 0.319 e. The maximum absolute atomic E-state index is 12.1. The smallest absolute Gasteiger partial charge is 0.319 e. The number of anilines is 1. The molecule has 2 aromatic carbocycles. The van der Waals surface area contributed by atoms with Gasteiger partial charge in [-0.25, -0.2) is 4.79 Å². The van der Waals surface area contributed by atoms with Gasteiger partial charge in [0, 0.05) is 25.6 Å². The van der Waals surface area contributed by atoms with E-state index in [1.807, 2.05) is 6.07 Å². The molecule has 0 aliphatic carbocycles. The lowest BCUT2D eigenvalue weighted by Crippen LogP contribution is -2.39. The van der Waals surface area contributed by atoms with E-state index in [9.17, 15) is 4.79 Å². The summed E-state index contributed by atoms with van der Waals surface area (Å²) in [6.45, 7) is 6.72. The van der Waals surface area contributed by atoms with Gasteiger partial charge in [-0.05, 0) is 43.1 Å². The lowest BCUT2D eigenvalue weighted by molar-refractivity contribution is 0.253. The van der Waals surface area contributed by atoms with E-state index in [1.54, 1.807) is 4.90 Å². The molecule has 4 heteroatoms. The van der Waals surface area contributed by atoms with Gasteiger partial charge < -0.3 is 10.6 Å². The number of hydrogen-bond acceptors (Lipinski definition) is 2. The predicted octanol–water partition coefficient (Wildman–Crippen LogP) is 4.26. The molecule has 0 saturated heterocycles. The number of primary amides is 1. The number of hydrogen-bond donors (Lipinski definition) is 1. The van der Waals surface area contributed by atoms with Gasteiger partial charge in [-0.2, -0.15) is 0 Å². The van der Waals surface area contributed by atoms with Crippen LogP contribution >= 0.6 is 0 Å². The van der Waals surface area contributed by atoms with E-state index < -0.39 is 0 Å². The first-order chi connectivity index (χ1) is 12.5. The Balaban J connectivity index is 2.05. The van der Waals surface area contributed by atoms with Crippen molar-refractivity contribution in [1.82, 2.24) is 4.90 Å². The van der Waals surface area contributed by atoms with Crippen LogP contribution in [0.5, 0.6) is 0 Å². The fraction of sp³-hybridized carbons (Fsp3) is 0.409. The van der Waals surface area contributed by atoms with Gasteiger partial charge in [-0.1, -0.05) is 55.3 Å². The van der Waals surface area contributed by atoms with Crippen LogP contribution in [0.3, 0.4) is 0 Å². The average molecular weight is 351 g/mol. The predicted molar refractivity (Wildman–Crippen MR) is 108 cm³/mol. The highest BCUT2D eigenvalue weighted by molar-refractivity contribution is 5.91. The van der Waals surface area contributed by atoms with Gasteiger partial charge in [0.15, 0.2) is 0 Å². The second-order valence-corrected chi connectivity index (χ2v) is 7.35. The van der Waals surface area contributed by atoms with Crippen molar-refractivity contribution in [2.75, 3.05) is 25.0 Å². The highest BCUT2D eigenvalue weighted by atomic mass is 16.2. The van der Waals surface area contributed by atoms with E-state index in [0.29, 0.717) is 12.5 Å². The molecule has 1 heterocycles. The van der Waals surface area contributed by atoms with Crippen molar-refractivity contribution >= 4 is 11.7 Å². The van der Waals surface area contributed by atoms with Crippen molar-refractivity contribution in [3.05, 3.63) is 64.7 Å². The fourth-order valence-electron chi connectivity index (χ4n) is 3.84. The van der Waals surface area contributed by atoms with Crippen LogP contribution in [0, 0.1) is 6.92 Å². The molecular formula is C22H29N3O. The van der Waals surface area contributed by atoms with Gasteiger partial charge in [0.2, 0.25) is 0 Å². The number of carbonyl (C=O) groups excluding carboxylic acids is 1. The van der Waals surface area contributed by atoms with Crippen LogP contribution in [0.1, 0.15) is 47.9 Å². The molecule has 0 spiro atoms. The fourth-order valence-corrected chi connectivity index (χ4v) is 3.84. The minimum absolute atomic E-state index is 0.310. The number of nitrogens with two attached hydrogens (primary N) is 1. The number of rotatable bonds is 5. The van der Waals surface area contributed by atoms with Crippen LogP contribution in [0.4, 0.5) is 10.5 Å². The third kappa shape index (κ3) is 3.75. The van der Waals surface area contributed by atoms with Gasteiger partial charge in [0.25, 0.3) is 0 Å². The summed E-state index contributed by atoms with van der Waals surface area (Å²) in [5, 5.41) is 0. The Labute approximate surface area is 156 Å². The van der Waals surface area contributed by atoms with Gasteiger partial charge >= 0.3 is 6.03 Å². The summed E-state index contributed by atoms with van der Waals surface area (Å²) in [7, 11) is 2.14. The highest BCUT2D eigenvalue weighted by Gasteiger charge is 2.28. The van der Waals surface area contributed by atoms with Crippen LogP contribution in [-0.2, 0) is 6.54 Å². The topological polar surface area (TPSA) is 49.6 Å². The van der Waals surface area contributed by atoms with E-state index in [1.165, 1.54) is 22.3 Å². The Kier molecular flexibility index (Phi) is 5.62. The molecule has 0 radical (unpaired) electrons. The number of fused-ring (bicyclic) bond motifs is 1. The lowest BCUT2D eigenvalue weighted by atomic mass is 9.83. The molecule has 138 valence electrons. The number of amides is 2. The zero-order valence-corrected chi connectivity index (χ0v) is 16.0. The molecule has 2 amide bonds. The van der Waals surface area contributed by atoms with Crippen molar-refractivity contribution in [2.45, 2.75) is 39.2 Å². The van der Waals surface area contributed by atoms with Gasteiger partial charge in [0.1, 0.15) is 0 Å². The molecular weight excluding hydrogens is 322 g/mol. The summed E-state index contributed by atoms with van der Waals surface area (Å²) in [4.78, 5) is 16.2.